The number of hydrogen-bond acceptors (Lipinski definition) is 1. The highest BCUT2D eigenvalue weighted by molar-refractivity contribution is 6.30. The van der Waals surface area contributed by atoms with Gasteiger partial charge in [-0.2, -0.15) is 0 Å². The molecule has 2 aromatic carbocycles. The smallest absolute Gasteiger partial charge is 0.224 e. The first kappa shape index (κ1) is 16.6. The van der Waals surface area contributed by atoms with E-state index in [0.717, 1.165) is 24.8 Å². The molecule has 3 heteroatoms. The van der Waals surface area contributed by atoms with E-state index in [4.69, 9.17) is 11.6 Å². The Morgan fingerprint density at radius 1 is 1.09 bits per heavy atom. The summed E-state index contributed by atoms with van der Waals surface area (Å²) in [4.78, 5) is 12.2. The molecule has 0 fully saturated rings. The van der Waals surface area contributed by atoms with Crippen LogP contribution >= 0.6 is 11.6 Å². The molecular weight excluding hydrogens is 294 g/mol. The maximum atomic E-state index is 12.2. The molecule has 0 unspecified atom stereocenters. The van der Waals surface area contributed by atoms with Crippen molar-refractivity contribution < 1.29 is 4.79 Å². The number of halogens is 1. The van der Waals surface area contributed by atoms with Gasteiger partial charge in [0.15, 0.2) is 0 Å². The van der Waals surface area contributed by atoms with E-state index < -0.39 is 0 Å². The fourth-order valence-electron chi connectivity index (χ4n) is 2.47. The zero-order valence-electron chi connectivity index (χ0n) is 12.9. The van der Waals surface area contributed by atoms with Gasteiger partial charge >= 0.3 is 0 Å². The van der Waals surface area contributed by atoms with E-state index in [1.54, 1.807) is 0 Å². The maximum Gasteiger partial charge on any atom is 0.224 e. The summed E-state index contributed by atoms with van der Waals surface area (Å²) in [5.41, 5.74) is 2.26. The number of amides is 1. The number of carbonyl (C=O) groups excluding carboxylic acids is 1. The molecular formula is C19H22ClNO. The van der Waals surface area contributed by atoms with E-state index in [1.807, 2.05) is 42.5 Å². The molecule has 2 aromatic rings. The number of rotatable bonds is 7. The van der Waals surface area contributed by atoms with Gasteiger partial charge in [0.2, 0.25) is 5.91 Å². The second-order valence-electron chi connectivity index (χ2n) is 5.50. The van der Waals surface area contributed by atoms with Crippen molar-refractivity contribution in [3.8, 4) is 0 Å². The average Bonchev–Trinajstić information content (AvgIpc) is 2.52. The van der Waals surface area contributed by atoms with Gasteiger partial charge in [0.25, 0.3) is 0 Å². The van der Waals surface area contributed by atoms with Crippen LogP contribution in [0, 0.1) is 0 Å². The maximum absolute atomic E-state index is 12.2. The monoisotopic (exact) mass is 315 g/mol. The van der Waals surface area contributed by atoms with Crippen molar-refractivity contribution in [1.29, 1.82) is 0 Å². The topological polar surface area (TPSA) is 29.1 Å². The van der Waals surface area contributed by atoms with Crippen molar-refractivity contribution in [1.82, 2.24) is 5.32 Å². The molecule has 1 atom stereocenters. The molecule has 1 N–H and O–H groups in total. The third-order valence-corrected chi connectivity index (χ3v) is 3.97. The van der Waals surface area contributed by atoms with Crippen LogP contribution in [-0.2, 0) is 17.6 Å². The van der Waals surface area contributed by atoms with Gasteiger partial charge in [-0.05, 0) is 42.5 Å². The minimum absolute atomic E-state index is 0.0576. The standard InChI is InChI=1S/C19H22ClNO/c1-2-18(12-11-15-7-4-3-5-8-15)21-19(22)14-16-9-6-10-17(20)13-16/h3-10,13,18H,2,11-12,14H2,1H3,(H,21,22)/t18-/m1/s1. The Kier molecular flexibility index (Phi) is 6.47. The first-order valence-corrected chi connectivity index (χ1v) is 8.13. The summed E-state index contributed by atoms with van der Waals surface area (Å²) >= 11 is 5.95. The van der Waals surface area contributed by atoms with Gasteiger partial charge in [-0.1, -0.05) is 61.0 Å². The Morgan fingerprint density at radius 2 is 1.82 bits per heavy atom. The zero-order chi connectivity index (χ0) is 15.8. The van der Waals surface area contributed by atoms with Crippen LogP contribution in [0.3, 0.4) is 0 Å². The molecule has 0 saturated carbocycles. The normalized spacial score (nSPS) is 11.9. The Bertz CT molecular complexity index is 597. The largest absolute Gasteiger partial charge is 0.353 e. The summed E-state index contributed by atoms with van der Waals surface area (Å²) in [7, 11) is 0. The molecule has 0 aliphatic heterocycles. The Hall–Kier alpha value is -1.80. The molecule has 0 bridgehead atoms. The molecule has 0 aliphatic rings. The number of benzene rings is 2. The quantitative estimate of drug-likeness (QED) is 0.805. The summed E-state index contributed by atoms with van der Waals surface area (Å²) in [6, 6.07) is 18.0. The van der Waals surface area contributed by atoms with Gasteiger partial charge in [0, 0.05) is 11.1 Å². The molecule has 0 saturated heterocycles. The van der Waals surface area contributed by atoms with Crippen LogP contribution in [0.5, 0.6) is 0 Å². The van der Waals surface area contributed by atoms with Crippen LogP contribution in [0.15, 0.2) is 54.6 Å². The summed E-state index contributed by atoms with van der Waals surface area (Å²) in [6.45, 7) is 2.11. The second kappa shape index (κ2) is 8.60. The molecule has 2 rings (SSSR count). The van der Waals surface area contributed by atoms with E-state index in [9.17, 15) is 4.79 Å². The third kappa shape index (κ3) is 5.53. The van der Waals surface area contributed by atoms with Crippen molar-refractivity contribution in [3.05, 3.63) is 70.7 Å². The summed E-state index contributed by atoms with van der Waals surface area (Å²) in [5.74, 6) is 0.0576. The molecule has 0 heterocycles. The van der Waals surface area contributed by atoms with Gasteiger partial charge in [0.05, 0.1) is 6.42 Å². The van der Waals surface area contributed by atoms with Crippen LogP contribution in [0.2, 0.25) is 5.02 Å². The first-order chi connectivity index (χ1) is 10.7. The van der Waals surface area contributed by atoms with Crippen LogP contribution in [0.1, 0.15) is 30.9 Å². The van der Waals surface area contributed by atoms with Gasteiger partial charge in [0.1, 0.15) is 0 Å². The number of nitrogens with one attached hydrogen (secondary N) is 1. The van der Waals surface area contributed by atoms with Gasteiger partial charge in [-0.3, -0.25) is 4.79 Å². The van der Waals surface area contributed by atoms with Gasteiger partial charge in [-0.25, -0.2) is 0 Å². The average molecular weight is 316 g/mol. The molecule has 2 nitrogen and oxygen atoms in total. The highest BCUT2D eigenvalue weighted by atomic mass is 35.5. The van der Waals surface area contributed by atoms with E-state index in [0.29, 0.717) is 11.4 Å². The van der Waals surface area contributed by atoms with E-state index in [2.05, 4.69) is 24.4 Å². The zero-order valence-corrected chi connectivity index (χ0v) is 13.6. The lowest BCUT2D eigenvalue weighted by Gasteiger charge is -2.17. The van der Waals surface area contributed by atoms with Crippen LogP contribution < -0.4 is 5.32 Å². The predicted molar refractivity (Wildman–Crippen MR) is 92.1 cm³/mol. The first-order valence-electron chi connectivity index (χ1n) is 7.75. The highest BCUT2D eigenvalue weighted by Crippen LogP contribution is 2.12. The fraction of sp³-hybridized carbons (Fsp3) is 0.316. The van der Waals surface area contributed by atoms with Gasteiger partial charge < -0.3 is 5.32 Å². The molecule has 1 amide bonds. The fourth-order valence-corrected chi connectivity index (χ4v) is 2.69. The third-order valence-electron chi connectivity index (χ3n) is 3.74. The van der Waals surface area contributed by atoms with Crippen LogP contribution in [0.4, 0.5) is 0 Å². The summed E-state index contributed by atoms with van der Waals surface area (Å²) in [6.07, 6.45) is 3.26. The lowest BCUT2D eigenvalue weighted by molar-refractivity contribution is -0.121. The molecule has 0 spiro atoms. The lowest BCUT2D eigenvalue weighted by Crippen LogP contribution is -2.35. The van der Waals surface area contributed by atoms with Crippen molar-refractivity contribution in [2.24, 2.45) is 0 Å². The van der Waals surface area contributed by atoms with E-state index in [1.165, 1.54) is 5.56 Å². The van der Waals surface area contributed by atoms with E-state index in [-0.39, 0.29) is 11.9 Å². The molecule has 0 aliphatic carbocycles. The van der Waals surface area contributed by atoms with Crippen molar-refractivity contribution in [2.75, 3.05) is 0 Å². The minimum atomic E-state index is 0.0576. The molecule has 116 valence electrons. The lowest BCUT2D eigenvalue weighted by atomic mass is 10.0. The SMILES string of the molecule is CC[C@H](CCc1ccccc1)NC(=O)Cc1cccc(Cl)c1. The predicted octanol–water partition coefficient (Wildman–Crippen LogP) is 4.41. The van der Waals surface area contributed by atoms with Gasteiger partial charge in [-0.15, -0.1) is 0 Å². The Balaban J connectivity index is 1.83. The second-order valence-corrected chi connectivity index (χ2v) is 5.94. The molecule has 0 radical (unpaired) electrons. The molecule has 0 aromatic heterocycles. The number of aryl methyl sites for hydroxylation is 1. The Morgan fingerprint density at radius 3 is 2.50 bits per heavy atom. The van der Waals surface area contributed by atoms with Crippen molar-refractivity contribution >= 4 is 17.5 Å². The summed E-state index contributed by atoms with van der Waals surface area (Å²) < 4.78 is 0. The van der Waals surface area contributed by atoms with Crippen molar-refractivity contribution in [2.45, 2.75) is 38.6 Å². The number of hydrogen-bond donors (Lipinski definition) is 1. The molecule has 22 heavy (non-hydrogen) atoms. The van der Waals surface area contributed by atoms with Crippen LogP contribution in [-0.4, -0.2) is 11.9 Å². The Labute approximate surface area is 137 Å². The van der Waals surface area contributed by atoms with Crippen LogP contribution in [0.25, 0.3) is 0 Å². The minimum Gasteiger partial charge on any atom is -0.353 e. The van der Waals surface area contributed by atoms with Crippen molar-refractivity contribution in [3.63, 3.8) is 0 Å². The van der Waals surface area contributed by atoms with E-state index >= 15 is 0 Å². The summed E-state index contributed by atoms with van der Waals surface area (Å²) in [5, 5.41) is 3.79. The number of carbonyl (C=O) groups is 1. The highest BCUT2D eigenvalue weighted by Gasteiger charge is 2.11.